The lowest BCUT2D eigenvalue weighted by molar-refractivity contribution is -0.121. The Labute approximate surface area is 179 Å². The molecule has 1 saturated heterocycles. The molecule has 2 aromatic carbocycles. The number of aromatic nitrogens is 2. The Morgan fingerprint density at radius 2 is 1.77 bits per heavy atom. The predicted octanol–water partition coefficient (Wildman–Crippen LogP) is 5.24. The van der Waals surface area contributed by atoms with Crippen molar-refractivity contribution in [2.24, 2.45) is 5.92 Å². The molecule has 152 valence electrons. The predicted molar refractivity (Wildman–Crippen MR) is 124 cm³/mol. The van der Waals surface area contributed by atoms with Crippen LogP contribution in [0.15, 0.2) is 60.7 Å². The molecule has 0 spiro atoms. The van der Waals surface area contributed by atoms with Gasteiger partial charge in [0.2, 0.25) is 5.91 Å². The Kier molecular flexibility index (Phi) is 5.11. The van der Waals surface area contributed by atoms with E-state index in [0.29, 0.717) is 0 Å². The molecule has 5 nitrogen and oxygen atoms in total. The van der Waals surface area contributed by atoms with Crippen molar-refractivity contribution in [1.82, 2.24) is 14.9 Å². The molecule has 3 heterocycles. The molecule has 1 amide bonds. The van der Waals surface area contributed by atoms with Crippen molar-refractivity contribution in [3.8, 4) is 21.1 Å². The minimum absolute atomic E-state index is 0.115. The molecule has 1 fully saturated rings. The van der Waals surface area contributed by atoms with Crippen LogP contribution in [0, 0.1) is 5.92 Å². The van der Waals surface area contributed by atoms with Crippen molar-refractivity contribution in [2.75, 3.05) is 25.5 Å². The van der Waals surface area contributed by atoms with Gasteiger partial charge in [0.1, 0.15) is 5.82 Å². The number of aromatic amines is 1. The third-order valence-electron chi connectivity index (χ3n) is 5.76. The van der Waals surface area contributed by atoms with Gasteiger partial charge in [-0.05, 0) is 74.9 Å². The third kappa shape index (κ3) is 3.88. The highest BCUT2D eigenvalue weighted by Gasteiger charge is 2.23. The normalized spacial score (nSPS) is 15.5. The van der Waals surface area contributed by atoms with E-state index in [1.807, 2.05) is 36.4 Å². The molecule has 0 aliphatic carbocycles. The van der Waals surface area contributed by atoms with Crippen molar-refractivity contribution in [2.45, 2.75) is 12.8 Å². The summed E-state index contributed by atoms with van der Waals surface area (Å²) in [6, 6.07) is 20.4. The number of carbonyl (C=O) groups is 1. The first-order valence-corrected chi connectivity index (χ1v) is 11.1. The number of benzene rings is 2. The fourth-order valence-electron chi connectivity index (χ4n) is 3.92. The number of likely N-dealkylation sites (tertiary alicyclic amines) is 1. The zero-order valence-electron chi connectivity index (χ0n) is 16.9. The van der Waals surface area contributed by atoms with Crippen LogP contribution in [0.2, 0.25) is 0 Å². The van der Waals surface area contributed by atoms with Gasteiger partial charge in [-0.1, -0.05) is 24.3 Å². The smallest absolute Gasteiger partial charge is 0.227 e. The Morgan fingerprint density at radius 1 is 1.03 bits per heavy atom. The maximum atomic E-state index is 12.5. The number of fused-ring (bicyclic) bond motifs is 1. The quantitative estimate of drug-likeness (QED) is 0.478. The van der Waals surface area contributed by atoms with Crippen molar-refractivity contribution in [3.05, 3.63) is 60.7 Å². The molecule has 30 heavy (non-hydrogen) atoms. The minimum atomic E-state index is 0.115. The number of H-pyrrole nitrogens is 1. The van der Waals surface area contributed by atoms with Crippen molar-refractivity contribution < 1.29 is 4.79 Å². The number of nitrogens with one attached hydrogen (secondary N) is 2. The highest BCUT2D eigenvalue weighted by Crippen LogP contribution is 2.34. The number of carbonyl (C=O) groups excluding carboxylic acids is 1. The van der Waals surface area contributed by atoms with Gasteiger partial charge in [0.05, 0.1) is 15.9 Å². The summed E-state index contributed by atoms with van der Waals surface area (Å²) < 4.78 is 0. The maximum Gasteiger partial charge on any atom is 0.227 e. The molecule has 6 heteroatoms. The van der Waals surface area contributed by atoms with E-state index in [1.54, 1.807) is 11.3 Å². The van der Waals surface area contributed by atoms with Crippen LogP contribution in [0.1, 0.15) is 12.8 Å². The number of thiophene rings is 1. The van der Waals surface area contributed by atoms with E-state index in [-0.39, 0.29) is 11.8 Å². The molecule has 2 aromatic heterocycles. The first-order chi connectivity index (χ1) is 14.7. The Hall–Kier alpha value is -2.96. The molecule has 4 aromatic rings. The average Bonchev–Trinajstić information content (AvgIpc) is 3.42. The maximum absolute atomic E-state index is 12.5. The summed E-state index contributed by atoms with van der Waals surface area (Å²) in [6.45, 7) is 1.98. The van der Waals surface area contributed by atoms with Crippen LogP contribution < -0.4 is 5.32 Å². The molecule has 0 saturated carbocycles. The minimum Gasteiger partial charge on any atom is -0.337 e. The molecular formula is C24H24N4OS. The van der Waals surface area contributed by atoms with Gasteiger partial charge in [-0.25, -0.2) is 4.98 Å². The SMILES string of the molecule is CN1CCC(C(=O)Nc2ccc(-c3ccc(-c4nc5ccccc5[nH]4)s3)cc2)CC1. The number of hydrogen-bond donors (Lipinski definition) is 2. The van der Waals surface area contributed by atoms with E-state index in [1.165, 1.54) is 4.88 Å². The zero-order valence-corrected chi connectivity index (χ0v) is 17.7. The van der Waals surface area contributed by atoms with Gasteiger partial charge in [-0.2, -0.15) is 0 Å². The van der Waals surface area contributed by atoms with E-state index in [4.69, 9.17) is 4.98 Å². The number of imidazole rings is 1. The molecule has 1 aliphatic heterocycles. The number of para-hydroxylation sites is 2. The van der Waals surface area contributed by atoms with E-state index in [2.05, 4.69) is 46.5 Å². The van der Waals surface area contributed by atoms with Gasteiger partial charge < -0.3 is 15.2 Å². The third-order valence-corrected chi connectivity index (χ3v) is 6.90. The second-order valence-corrected chi connectivity index (χ2v) is 8.99. The van der Waals surface area contributed by atoms with E-state index >= 15 is 0 Å². The topological polar surface area (TPSA) is 61.0 Å². The molecule has 0 unspecified atom stereocenters. The summed E-state index contributed by atoms with van der Waals surface area (Å²) in [5, 5.41) is 3.08. The largest absolute Gasteiger partial charge is 0.337 e. The van der Waals surface area contributed by atoms with Gasteiger partial charge in [-0.15, -0.1) is 11.3 Å². The molecule has 0 radical (unpaired) electrons. The van der Waals surface area contributed by atoms with Crippen LogP contribution >= 0.6 is 11.3 Å². The number of nitrogens with zero attached hydrogens (tertiary/aromatic N) is 2. The Morgan fingerprint density at radius 3 is 2.53 bits per heavy atom. The van der Waals surface area contributed by atoms with Crippen LogP contribution in [0.3, 0.4) is 0 Å². The zero-order chi connectivity index (χ0) is 20.5. The molecular weight excluding hydrogens is 392 g/mol. The lowest BCUT2D eigenvalue weighted by atomic mass is 9.96. The van der Waals surface area contributed by atoms with Crippen molar-refractivity contribution in [3.63, 3.8) is 0 Å². The van der Waals surface area contributed by atoms with Gasteiger partial charge in [0.25, 0.3) is 0 Å². The van der Waals surface area contributed by atoms with Crippen LogP contribution in [0.5, 0.6) is 0 Å². The van der Waals surface area contributed by atoms with E-state index in [9.17, 15) is 4.79 Å². The summed E-state index contributed by atoms with van der Waals surface area (Å²) in [6.07, 6.45) is 1.86. The molecule has 5 rings (SSSR count). The molecule has 2 N–H and O–H groups in total. The first kappa shape index (κ1) is 19.0. The average molecular weight is 417 g/mol. The number of amides is 1. The van der Waals surface area contributed by atoms with Gasteiger partial charge in [-0.3, -0.25) is 4.79 Å². The fourth-order valence-corrected chi connectivity index (χ4v) is 4.88. The number of rotatable bonds is 4. The summed E-state index contributed by atoms with van der Waals surface area (Å²) >= 11 is 1.71. The van der Waals surface area contributed by atoms with Crippen LogP contribution in [-0.2, 0) is 4.79 Å². The number of anilines is 1. The van der Waals surface area contributed by atoms with Crippen molar-refractivity contribution >= 4 is 34.0 Å². The van der Waals surface area contributed by atoms with Crippen molar-refractivity contribution in [1.29, 1.82) is 0 Å². The van der Waals surface area contributed by atoms with Crippen LogP contribution in [-0.4, -0.2) is 40.9 Å². The van der Waals surface area contributed by atoms with Crippen LogP contribution in [0.4, 0.5) is 5.69 Å². The highest BCUT2D eigenvalue weighted by atomic mass is 32.1. The second-order valence-electron chi connectivity index (χ2n) is 7.91. The summed E-state index contributed by atoms with van der Waals surface area (Å²) in [4.78, 5) is 25.2. The standard InChI is InChI=1S/C24H24N4OS/c1-28-14-12-17(13-15-28)24(29)25-18-8-6-16(7-9-18)21-10-11-22(30-21)23-26-19-4-2-3-5-20(19)27-23/h2-11,17H,12-15H2,1H3,(H,25,29)(H,26,27). The fraction of sp³-hybridized carbons (Fsp3) is 0.250. The molecule has 0 atom stereocenters. The highest BCUT2D eigenvalue weighted by molar-refractivity contribution is 7.18. The second kappa shape index (κ2) is 8.05. The molecule has 1 aliphatic rings. The Bertz CT molecular complexity index is 1140. The lowest BCUT2D eigenvalue weighted by Gasteiger charge is -2.28. The molecule has 0 bridgehead atoms. The van der Waals surface area contributed by atoms with E-state index in [0.717, 1.165) is 58.9 Å². The van der Waals surface area contributed by atoms with Gasteiger partial charge in [0, 0.05) is 16.5 Å². The number of piperidine rings is 1. The summed E-state index contributed by atoms with van der Waals surface area (Å²) in [7, 11) is 2.11. The lowest BCUT2D eigenvalue weighted by Crippen LogP contribution is -2.35. The number of hydrogen-bond acceptors (Lipinski definition) is 4. The summed E-state index contributed by atoms with van der Waals surface area (Å²) in [5.74, 6) is 1.15. The first-order valence-electron chi connectivity index (χ1n) is 10.3. The van der Waals surface area contributed by atoms with Gasteiger partial charge >= 0.3 is 0 Å². The van der Waals surface area contributed by atoms with Gasteiger partial charge in [0.15, 0.2) is 0 Å². The Balaban J connectivity index is 1.28. The summed E-state index contributed by atoms with van der Waals surface area (Å²) in [5.41, 5.74) is 4.02. The van der Waals surface area contributed by atoms with E-state index < -0.39 is 0 Å². The monoisotopic (exact) mass is 416 g/mol. The van der Waals surface area contributed by atoms with Crippen LogP contribution in [0.25, 0.3) is 32.2 Å².